The van der Waals surface area contributed by atoms with E-state index in [1.807, 2.05) is 19.2 Å². The van der Waals surface area contributed by atoms with Gasteiger partial charge in [-0.1, -0.05) is 17.7 Å². The molecule has 0 spiro atoms. The van der Waals surface area contributed by atoms with Gasteiger partial charge < -0.3 is 10.4 Å². The molecular formula is C14H20ClNOS. The molecule has 0 aliphatic heterocycles. The van der Waals surface area contributed by atoms with Crippen LogP contribution in [0.5, 0.6) is 0 Å². The Hall–Kier alpha value is -0.220. The van der Waals surface area contributed by atoms with Crippen LogP contribution in [-0.4, -0.2) is 35.3 Å². The number of halogens is 1. The zero-order valence-corrected chi connectivity index (χ0v) is 12.4. The van der Waals surface area contributed by atoms with Crippen LogP contribution in [0.25, 0.3) is 0 Å². The normalized spacial score (nSPS) is 21.7. The zero-order chi connectivity index (χ0) is 13.2. The van der Waals surface area contributed by atoms with E-state index in [0.29, 0.717) is 12.6 Å². The lowest BCUT2D eigenvalue weighted by Gasteiger charge is -2.25. The second kappa shape index (κ2) is 5.83. The third-order valence-corrected chi connectivity index (χ3v) is 4.47. The van der Waals surface area contributed by atoms with E-state index >= 15 is 0 Å². The quantitative estimate of drug-likeness (QED) is 0.872. The first-order valence-corrected chi connectivity index (χ1v) is 7.99. The maximum atomic E-state index is 10.1. The summed E-state index contributed by atoms with van der Waals surface area (Å²) in [5, 5.41) is 14.4. The van der Waals surface area contributed by atoms with Crippen LogP contribution in [0.15, 0.2) is 18.2 Å². The van der Waals surface area contributed by atoms with E-state index in [-0.39, 0.29) is 0 Å². The van der Waals surface area contributed by atoms with Gasteiger partial charge in [0, 0.05) is 23.4 Å². The first kappa shape index (κ1) is 14.2. The van der Waals surface area contributed by atoms with Crippen molar-refractivity contribution in [1.82, 2.24) is 5.32 Å². The van der Waals surface area contributed by atoms with Gasteiger partial charge >= 0.3 is 0 Å². The minimum absolute atomic E-state index is 0.423. The molecule has 0 aromatic heterocycles. The first-order chi connectivity index (χ1) is 8.50. The molecule has 0 bridgehead atoms. The van der Waals surface area contributed by atoms with Crippen LogP contribution in [0.1, 0.15) is 18.1 Å². The van der Waals surface area contributed by atoms with Crippen molar-refractivity contribution in [3.8, 4) is 0 Å². The lowest BCUT2D eigenvalue weighted by molar-refractivity contribution is 0.0817. The highest BCUT2D eigenvalue weighted by atomic mass is 35.5. The Morgan fingerprint density at radius 2 is 2.17 bits per heavy atom. The summed E-state index contributed by atoms with van der Waals surface area (Å²) in [6.45, 7) is 2.52. The highest BCUT2D eigenvalue weighted by Crippen LogP contribution is 2.25. The van der Waals surface area contributed by atoms with Gasteiger partial charge in [0.2, 0.25) is 0 Å². The lowest BCUT2D eigenvalue weighted by Crippen LogP contribution is -2.44. The van der Waals surface area contributed by atoms with Gasteiger partial charge in [0.1, 0.15) is 0 Å². The summed E-state index contributed by atoms with van der Waals surface area (Å²) in [5.41, 5.74) is 2.08. The van der Waals surface area contributed by atoms with Crippen molar-refractivity contribution in [2.24, 2.45) is 0 Å². The third-order valence-electron chi connectivity index (χ3n) is 3.33. The second-order valence-corrected chi connectivity index (χ2v) is 6.63. The Morgan fingerprint density at radius 3 is 2.89 bits per heavy atom. The summed E-state index contributed by atoms with van der Waals surface area (Å²) in [7, 11) is 0. The molecule has 0 fully saturated rings. The van der Waals surface area contributed by atoms with Crippen LogP contribution < -0.4 is 5.32 Å². The van der Waals surface area contributed by atoms with E-state index < -0.39 is 5.60 Å². The molecule has 1 aromatic rings. The molecule has 2 N–H and O–H groups in total. The Labute approximate surface area is 118 Å². The number of aliphatic hydroxyl groups is 1. The molecule has 0 amide bonds. The van der Waals surface area contributed by atoms with Gasteiger partial charge in [0.25, 0.3) is 0 Å². The predicted molar refractivity (Wildman–Crippen MR) is 79.7 cm³/mol. The molecule has 0 radical (unpaired) electrons. The van der Waals surface area contributed by atoms with Gasteiger partial charge in [-0.25, -0.2) is 0 Å². The van der Waals surface area contributed by atoms with Gasteiger partial charge in [-0.3, -0.25) is 0 Å². The number of nitrogens with one attached hydrogen (secondary N) is 1. The van der Waals surface area contributed by atoms with Crippen molar-refractivity contribution in [3.63, 3.8) is 0 Å². The van der Waals surface area contributed by atoms with Crippen molar-refractivity contribution in [2.45, 2.75) is 31.4 Å². The Bertz CT molecular complexity index is 422. The summed E-state index contributed by atoms with van der Waals surface area (Å²) < 4.78 is 0. The van der Waals surface area contributed by atoms with E-state index in [0.717, 1.165) is 23.6 Å². The van der Waals surface area contributed by atoms with Crippen molar-refractivity contribution in [2.75, 3.05) is 18.6 Å². The minimum atomic E-state index is -0.633. The molecule has 1 aliphatic carbocycles. The predicted octanol–water partition coefficient (Wildman–Crippen LogP) is 2.51. The molecule has 1 aromatic carbocycles. The second-order valence-electron chi connectivity index (χ2n) is 5.33. The summed E-state index contributed by atoms with van der Waals surface area (Å²) in [4.78, 5) is 0. The number of benzene rings is 1. The molecule has 4 heteroatoms. The van der Waals surface area contributed by atoms with Gasteiger partial charge in [0.15, 0.2) is 0 Å². The third kappa shape index (κ3) is 3.64. The van der Waals surface area contributed by atoms with Crippen LogP contribution >= 0.6 is 23.4 Å². The molecule has 2 nitrogen and oxygen atoms in total. The van der Waals surface area contributed by atoms with E-state index in [1.165, 1.54) is 11.1 Å². The smallest absolute Gasteiger partial charge is 0.0833 e. The molecule has 18 heavy (non-hydrogen) atoms. The Kier molecular flexibility index (Phi) is 4.59. The monoisotopic (exact) mass is 285 g/mol. The maximum absolute atomic E-state index is 10.1. The molecule has 2 atom stereocenters. The molecular weight excluding hydrogens is 266 g/mol. The van der Waals surface area contributed by atoms with Gasteiger partial charge in [-0.2, -0.15) is 11.8 Å². The van der Waals surface area contributed by atoms with Crippen molar-refractivity contribution in [1.29, 1.82) is 0 Å². The zero-order valence-electron chi connectivity index (χ0n) is 10.9. The van der Waals surface area contributed by atoms with Crippen LogP contribution in [0.2, 0.25) is 5.02 Å². The van der Waals surface area contributed by atoms with Gasteiger partial charge in [-0.15, -0.1) is 0 Å². The maximum Gasteiger partial charge on any atom is 0.0833 e. The van der Waals surface area contributed by atoms with Crippen LogP contribution in [0.4, 0.5) is 0 Å². The van der Waals surface area contributed by atoms with E-state index in [9.17, 15) is 5.11 Å². The number of fused-ring (bicyclic) bond motifs is 1. The first-order valence-electron chi connectivity index (χ1n) is 6.22. The summed E-state index contributed by atoms with van der Waals surface area (Å²) in [6, 6.07) is 6.54. The molecule has 0 saturated carbocycles. The molecule has 2 unspecified atom stereocenters. The van der Waals surface area contributed by atoms with Crippen LogP contribution in [0.3, 0.4) is 0 Å². The molecule has 1 aliphatic rings. The fraction of sp³-hybridized carbons (Fsp3) is 0.571. The Balaban J connectivity index is 1.88. The van der Waals surface area contributed by atoms with Crippen LogP contribution in [-0.2, 0) is 12.8 Å². The van der Waals surface area contributed by atoms with Crippen molar-refractivity contribution < 1.29 is 5.11 Å². The molecule has 0 heterocycles. The topological polar surface area (TPSA) is 32.3 Å². The molecule has 2 rings (SSSR count). The average molecular weight is 286 g/mol. The van der Waals surface area contributed by atoms with Crippen molar-refractivity contribution in [3.05, 3.63) is 34.3 Å². The largest absolute Gasteiger partial charge is 0.388 e. The van der Waals surface area contributed by atoms with Crippen molar-refractivity contribution >= 4 is 23.4 Å². The standard InChI is InChI=1S/C14H20ClNOS/c1-14(17,9-18-2)8-16-13-6-10-3-4-12(15)5-11(10)7-13/h3-5,13,16-17H,6-9H2,1-2H3. The van der Waals surface area contributed by atoms with Gasteiger partial charge in [-0.05, 0) is 49.3 Å². The molecule has 0 saturated heterocycles. The van der Waals surface area contributed by atoms with Gasteiger partial charge in [0.05, 0.1) is 5.60 Å². The fourth-order valence-electron chi connectivity index (χ4n) is 2.46. The minimum Gasteiger partial charge on any atom is -0.388 e. The average Bonchev–Trinajstić information content (AvgIpc) is 2.68. The summed E-state index contributed by atoms with van der Waals surface area (Å²) >= 11 is 7.67. The van der Waals surface area contributed by atoms with E-state index in [1.54, 1.807) is 11.8 Å². The summed E-state index contributed by atoms with van der Waals surface area (Å²) in [5.74, 6) is 0.755. The summed E-state index contributed by atoms with van der Waals surface area (Å²) in [6.07, 6.45) is 4.05. The van der Waals surface area contributed by atoms with E-state index in [4.69, 9.17) is 11.6 Å². The SMILES string of the molecule is CSCC(C)(O)CNC1Cc2ccc(Cl)cc2C1. The number of hydrogen-bond donors (Lipinski definition) is 2. The number of rotatable bonds is 5. The van der Waals surface area contributed by atoms with Crippen LogP contribution in [0, 0.1) is 0 Å². The number of hydrogen-bond acceptors (Lipinski definition) is 3. The lowest BCUT2D eigenvalue weighted by atomic mass is 10.1. The fourth-order valence-corrected chi connectivity index (χ4v) is 3.38. The highest BCUT2D eigenvalue weighted by Gasteiger charge is 2.25. The van der Waals surface area contributed by atoms with E-state index in [2.05, 4.69) is 17.4 Å². The highest BCUT2D eigenvalue weighted by molar-refractivity contribution is 7.98. The Morgan fingerprint density at radius 1 is 1.44 bits per heavy atom. The molecule has 100 valence electrons. The number of thioether (sulfide) groups is 1.